The zero-order valence-corrected chi connectivity index (χ0v) is 19.1. The molecule has 172 valence electrons. The topological polar surface area (TPSA) is 105 Å². The largest absolute Gasteiger partial charge is 0.455 e. The molecule has 1 aromatic carbocycles. The molecule has 1 aliphatic heterocycles. The van der Waals surface area contributed by atoms with E-state index in [4.69, 9.17) is 9.26 Å². The molecule has 1 saturated heterocycles. The van der Waals surface area contributed by atoms with Gasteiger partial charge in [-0.25, -0.2) is 0 Å². The number of nitrogens with zero attached hydrogens (tertiary/aromatic N) is 3. The van der Waals surface area contributed by atoms with Crippen molar-refractivity contribution >= 4 is 23.5 Å². The molecule has 1 fully saturated rings. The number of para-hydroxylation sites is 1. The van der Waals surface area contributed by atoms with Crippen LogP contribution in [0.4, 0.5) is 5.69 Å². The SMILES string of the molecule is Cc1cccc(C)c1NC(=O)CN1CCN(C(=O)COC(=O)Cc2c(C)noc2C)CC1. The number of anilines is 1. The first kappa shape index (κ1) is 23.5. The molecule has 32 heavy (non-hydrogen) atoms. The van der Waals surface area contributed by atoms with E-state index in [1.54, 1.807) is 18.7 Å². The number of hydrogen-bond acceptors (Lipinski definition) is 7. The predicted molar refractivity (Wildman–Crippen MR) is 118 cm³/mol. The molecule has 1 N–H and O–H groups in total. The van der Waals surface area contributed by atoms with Crippen molar-refractivity contribution in [2.24, 2.45) is 0 Å². The van der Waals surface area contributed by atoms with Gasteiger partial charge >= 0.3 is 5.97 Å². The highest BCUT2D eigenvalue weighted by atomic mass is 16.5. The van der Waals surface area contributed by atoms with E-state index in [0.717, 1.165) is 16.8 Å². The van der Waals surface area contributed by atoms with E-state index in [-0.39, 0.29) is 31.4 Å². The molecular formula is C23H30N4O5. The summed E-state index contributed by atoms with van der Waals surface area (Å²) in [5.74, 6) is -0.231. The number of aryl methyl sites for hydroxylation is 4. The van der Waals surface area contributed by atoms with Crippen LogP contribution in [0.15, 0.2) is 22.7 Å². The molecule has 0 unspecified atom stereocenters. The summed E-state index contributed by atoms with van der Waals surface area (Å²) < 4.78 is 10.2. The lowest BCUT2D eigenvalue weighted by Gasteiger charge is -2.34. The monoisotopic (exact) mass is 442 g/mol. The van der Waals surface area contributed by atoms with Gasteiger partial charge in [-0.1, -0.05) is 23.4 Å². The van der Waals surface area contributed by atoms with Crippen LogP contribution < -0.4 is 5.32 Å². The summed E-state index contributed by atoms with van der Waals surface area (Å²) in [6, 6.07) is 5.90. The van der Waals surface area contributed by atoms with Crippen LogP contribution in [0, 0.1) is 27.7 Å². The third-order valence-corrected chi connectivity index (χ3v) is 5.70. The molecule has 0 spiro atoms. The Labute approximate surface area is 187 Å². The van der Waals surface area contributed by atoms with E-state index in [9.17, 15) is 14.4 Å². The Hall–Kier alpha value is -3.20. The zero-order valence-electron chi connectivity index (χ0n) is 19.1. The van der Waals surface area contributed by atoms with Gasteiger partial charge in [-0.3, -0.25) is 19.3 Å². The van der Waals surface area contributed by atoms with Crippen molar-refractivity contribution in [3.8, 4) is 0 Å². The van der Waals surface area contributed by atoms with E-state index in [1.807, 2.05) is 36.9 Å². The third kappa shape index (κ3) is 5.94. The summed E-state index contributed by atoms with van der Waals surface area (Å²) >= 11 is 0. The number of piperazine rings is 1. The standard InChI is InChI=1S/C23H30N4O5/c1-15-6-5-7-16(2)23(15)24-20(28)13-26-8-10-27(11-9-26)21(29)14-31-22(30)12-19-17(3)25-32-18(19)4/h5-7H,8-14H2,1-4H3,(H,24,28). The van der Waals surface area contributed by atoms with Crippen LogP contribution in [0.2, 0.25) is 0 Å². The summed E-state index contributed by atoms with van der Waals surface area (Å²) in [6.45, 7) is 9.52. The Kier molecular flexibility index (Phi) is 7.63. The van der Waals surface area contributed by atoms with Gasteiger partial charge in [0, 0.05) is 37.4 Å². The molecule has 0 aliphatic carbocycles. The summed E-state index contributed by atoms with van der Waals surface area (Å²) in [7, 11) is 0. The quantitative estimate of drug-likeness (QED) is 0.652. The lowest BCUT2D eigenvalue weighted by Crippen LogP contribution is -2.51. The summed E-state index contributed by atoms with van der Waals surface area (Å²) in [4.78, 5) is 40.6. The lowest BCUT2D eigenvalue weighted by molar-refractivity contribution is -0.152. The van der Waals surface area contributed by atoms with Gasteiger partial charge < -0.3 is 19.5 Å². The smallest absolute Gasteiger partial charge is 0.310 e. The zero-order chi connectivity index (χ0) is 23.3. The van der Waals surface area contributed by atoms with Crippen LogP contribution >= 0.6 is 0 Å². The maximum atomic E-state index is 12.5. The Bertz CT molecular complexity index is 953. The fourth-order valence-electron chi connectivity index (χ4n) is 3.73. The number of ether oxygens (including phenoxy) is 1. The van der Waals surface area contributed by atoms with Crippen LogP contribution in [-0.2, 0) is 25.5 Å². The number of hydrogen-bond donors (Lipinski definition) is 1. The van der Waals surface area contributed by atoms with Crippen molar-refractivity contribution in [1.82, 2.24) is 15.0 Å². The second-order valence-corrected chi connectivity index (χ2v) is 8.11. The van der Waals surface area contributed by atoms with Crippen molar-refractivity contribution in [2.75, 3.05) is 44.6 Å². The van der Waals surface area contributed by atoms with Crippen molar-refractivity contribution in [3.63, 3.8) is 0 Å². The molecular weight excluding hydrogens is 412 g/mol. The Balaban J connectivity index is 1.39. The number of carbonyl (C=O) groups excluding carboxylic acids is 3. The molecule has 9 heteroatoms. The molecule has 2 aromatic rings. The van der Waals surface area contributed by atoms with Gasteiger partial charge in [-0.05, 0) is 38.8 Å². The molecule has 3 rings (SSSR count). The number of amides is 2. The molecule has 0 atom stereocenters. The lowest BCUT2D eigenvalue weighted by atomic mass is 10.1. The van der Waals surface area contributed by atoms with E-state index in [2.05, 4.69) is 10.5 Å². The molecule has 9 nitrogen and oxygen atoms in total. The number of nitrogens with one attached hydrogen (secondary N) is 1. The summed E-state index contributed by atoms with van der Waals surface area (Å²) in [5, 5.41) is 6.79. The Morgan fingerprint density at radius 1 is 1.06 bits per heavy atom. The molecule has 2 heterocycles. The molecule has 0 bridgehead atoms. The number of carbonyl (C=O) groups is 3. The first-order valence-electron chi connectivity index (χ1n) is 10.7. The maximum absolute atomic E-state index is 12.5. The average Bonchev–Trinajstić information content (AvgIpc) is 3.07. The predicted octanol–water partition coefficient (Wildman–Crippen LogP) is 1.78. The fourth-order valence-corrected chi connectivity index (χ4v) is 3.73. The highest BCUT2D eigenvalue weighted by molar-refractivity contribution is 5.93. The van der Waals surface area contributed by atoms with E-state index < -0.39 is 5.97 Å². The van der Waals surface area contributed by atoms with Gasteiger partial charge in [0.2, 0.25) is 5.91 Å². The molecule has 0 saturated carbocycles. The first-order valence-corrected chi connectivity index (χ1v) is 10.7. The number of benzene rings is 1. The van der Waals surface area contributed by atoms with Crippen LogP contribution in [0.3, 0.4) is 0 Å². The van der Waals surface area contributed by atoms with E-state index in [1.165, 1.54) is 0 Å². The van der Waals surface area contributed by atoms with Crippen molar-refractivity contribution in [1.29, 1.82) is 0 Å². The normalized spacial score (nSPS) is 14.3. The second kappa shape index (κ2) is 10.4. The summed E-state index contributed by atoms with van der Waals surface area (Å²) in [6.07, 6.45) is 0.0255. The van der Waals surface area contributed by atoms with Gasteiger partial charge in [-0.15, -0.1) is 0 Å². The van der Waals surface area contributed by atoms with E-state index >= 15 is 0 Å². The molecule has 1 aliphatic rings. The fraction of sp³-hybridized carbons (Fsp3) is 0.478. The number of esters is 1. The highest BCUT2D eigenvalue weighted by Gasteiger charge is 2.24. The van der Waals surface area contributed by atoms with Crippen LogP contribution in [0.5, 0.6) is 0 Å². The summed E-state index contributed by atoms with van der Waals surface area (Å²) in [5.41, 5.74) is 4.24. The van der Waals surface area contributed by atoms with Gasteiger partial charge in [0.15, 0.2) is 6.61 Å². The second-order valence-electron chi connectivity index (χ2n) is 8.11. The Morgan fingerprint density at radius 2 is 1.72 bits per heavy atom. The number of aromatic nitrogens is 1. The van der Waals surface area contributed by atoms with E-state index in [0.29, 0.717) is 43.2 Å². The average molecular weight is 443 g/mol. The minimum Gasteiger partial charge on any atom is -0.455 e. The van der Waals surface area contributed by atoms with Crippen LogP contribution in [0.1, 0.15) is 28.1 Å². The van der Waals surface area contributed by atoms with Crippen molar-refractivity contribution < 1.29 is 23.6 Å². The van der Waals surface area contributed by atoms with Crippen LogP contribution in [-0.4, -0.2) is 72.1 Å². The van der Waals surface area contributed by atoms with Crippen LogP contribution in [0.25, 0.3) is 0 Å². The van der Waals surface area contributed by atoms with Gasteiger partial charge in [-0.2, -0.15) is 0 Å². The highest BCUT2D eigenvalue weighted by Crippen LogP contribution is 2.19. The Morgan fingerprint density at radius 3 is 2.31 bits per heavy atom. The maximum Gasteiger partial charge on any atom is 0.310 e. The van der Waals surface area contributed by atoms with Crippen molar-refractivity contribution in [2.45, 2.75) is 34.1 Å². The molecule has 0 radical (unpaired) electrons. The van der Waals surface area contributed by atoms with Gasteiger partial charge in [0.05, 0.1) is 18.7 Å². The van der Waals surface area contributed by atoms with Gasteiger partial charge in [0.25, 0.3) is 5.91 Å². The number of rotatable bonds is 7. The van der Waals surface area contributed by atoms with Crippen molar-refractivity contribution in [3.05, 3.63) is 46.3 Å². The first-order chi connectivity index (χ1) is 15.2. The van der Waals surface area contributed by atoms with Gasteiger partial charge in [0.1, 0.15) is 5.76 Å². The minimum atomic E-state index is -0.491. The molecule has 2 amide bonds. The minimum absolute atomic E-state index is 0.0255. The molecule has 1 aromatic heterocycles. The third-order valence-electron chi connectivity index (χ3n) is 5.70.